The van der Waals surface area contributed by atoms with Crippen molar-refractivity contribution in [3.8, 4) is 11.5 Å². The van der Waals surface area contributed by atoms with E-state index < -0.39 is 0 Å². The van der Waals surface area contributed by atoms with Crippen molar-refractivity contribution in [3.05, 3.63) is 23.8 Å². The lowest BCUT2D eigenvalue weighted by Crippen LogP contribution is -2.44. The molecule has 0 saturated carbocycles. The van der Waals surface area contributed by atoms with E-state index >= 15 is 0 Å². The Labute approximate surface area is 122 Å². The summed E-state index contributed by atoms with van der Waals surface area (Å²) in [6, 6.07) is 6.14. The van der Waals surface area contributed by atoms with Crippen LogP contribution in [0.3, 0.4) is 0 Å². The maximum Gasteiger partial charge on any atom is 0.122 e. The van der Waals surface area contributed by atoms with Gasteiger partial charge in [0, 0.05) is 32.7 Å². The SMILES string of the molecule is CCOc1ccc(OCC)c(CCN2CCNCC2)c1. The minimum absolute atomic E-state index is 0.700. The fraction of sp³-hybridized carbons (Fsp3) is 0.625. The molecule has 0 aliphatic carbocycles. The molecule has 4 heteroatoms. The highest BCUT2D eigenvalue weighted by molar-refractivity contribution is 5.40. The van der Waals surface area contributed by atoms with E-state index in [0.29, 0.717) is 13.2 Å². The zero-order valence-corrected chi connectivity index (χ0v) is 12.7. The molecule has 1 N–H and O–H groups in total. The fourth-order valence-corrected chi connectivity index (χ4v) is 2.52. The molecule has 0 amide bonds. The lowest BCUT2D eigenvalue weighted by atomic mass is 10.1. The van der Waals surface area contributed by atoms with Crippen LogP contribution in [0, 0.1) is 0 Å². The average Bonchev–Trinajstić information content (AvgIpc) is 2.49. The van der Waals surface area contributed by atoms with E-state index in [1.165, 1.54) is 5.56 Å². The van der Waals surface area contributed by atoms with Crippen molar-refractivity contribution in [3.63, 3.8) is 0 Å². The Balaban J connectivity index is 2.00. The molecular formula is C16H26N2O2. The lowest BCUT2D eigenvalue weighted by Gasteiger charge is -2.27. The second-order valence-electron chi connectivity index (χ2n) is 4.98. The number of ether oxygens (including phenoxy) is 2. The van der Waals surface area contributed by atoms with Crippen molar-refractivity contribution in [1.29, 1.82) is 0 Å². The molecule has 1 aliphatic heterocycles. The highest BCUT2D eigenvalue weighted by atomic mass is 16.5. The smallest absolute Gasteiger partial charge is 0.122 e. The van der Waals surface area contributed by atoms with Crippen LogP contribution in [0.25, 0.3) is 0 Å². The third-order valence-corrected chi connectivity index (χ3v) is 3.55. The molecule has 0 bridgehead atoms. The van der Waals surface area contributed by atoms with Gasteiger partial charge in [0.2, 0.25) is 0 Å². The van der Waals surface area contributed by atoms with Crippen LogP contribution >= 0.6 is 0 Å². The zero-order chi connectivity index (χ0) is 14.2. The number of piperazine rings is 1. The molecule has 1 heterocycles. The summed E-state index contributed by atoms with van der Waals surface area (Å²) in [7, 11) is 0. The maximum atomic E-state index is 5.72. The van der Waals surface area contributed by atoms with Gasteiger partial charge in [0.05, 0.1) is 13.2 Å². The van der Waals surface area contributed by atoms with Crippen molar-refractivity contribution in [1.82, 2.24) is 10.2 Å². The Morgan fingerprint density at radius 3 is 2.55 bits per heavy atom. The van der Waals surface area contributed by atoms with Crippen molar-refractivity contribution >= 4 is 0 Å². The normalized spacial score (nSPS) is 16.1. The van der Waals surface area contributed by atoms with E-state index in [1.807, 2.05) is 26.0 Å². The van der Waals surface area contributed by atoms with Gasteiger partial charge in [-0.1, -0.05) is 0 Å². The average molecular weight is 278 g/mol. The monoisotopic (exact) mass is 278 g/mol. The first-order chi connectivity index (χ1) is 9.83. The van der Waals surface area contributed by atoms with Crippen LogP contribution in [-0.4, -0.2) is 50.8 Å². The van der Waals surface area contributed by atoms with Gasteiger partial charge in [-0.15, -0.1) is 0 Å². The molecule has 20 heavy (non-hydrogen) atoms. The molecule has 112 valence electrons. The molecule has 1 fully saturated rings. The number of hydrogen-bond acceptors (Lipinski definition) is 4. The molecule has 0 radical (unpaired) electrons. The van der Waals surface area contributed by atoms with E-state index in [2.05, 4.69) is 16.3 Å². The zero-order valence-electron chi connectivity index (χ0n) is 12.7. The van der Waals surface area contributed by atoms with Gasteiger partial charge in [-0.3, -0.25) is 0 Å². The molecule has 4 nitrogen and oxygen atoms in total. The predicted octanol–water partition coefficient (Wildman–Crippen LogP) is 1.93. The lowest BCUT2D eigenvalue weighted by molar-refractivity contribution is 0.242. The summed E-state index contributed by atoms with van der Waals surface area (Å²) in [5, 5.41) is 3.38. The molecule has 2 rings (SSSR count). The van der Waals surface area contributed by atoms with Crippen molar-refractivity contribution in [2.24, 2.45) is 0 Å². The number of nitrogens with zero attached hydrogens (tertiary/aromatic N) is 1. The summed E-state index contributed by atoms with van der Waals surface area (Å²) in [6.07, 6.45) is 1.01. The van der Waals surface area contributed by atoms with Crippen molar-refractivity contribution in [2.75, 3.05) is 45.9 Å². The first-order valence-corrected chi connectivity index (χ1v) is 7.65. The van der Waals surface area contributed by atoms with Gasteiger partial charge >= 0.3 is 0 Å². The Morgan fingerprint density at radius 2 is 1.85 bits per heavy atom. The first-order valence-electron chi connectivity index (χ1n) is 7.65. The van der Waals surface area contributed by atoms with E-state index in [9.17, 15) is 0 Å². The highest BCUT2D eigenvalue weighted by Crippen LogP contribution is 2.25. The standard InChI is InChI=1S/C16H26N2O2/c1-3-19-15-5-6-16(20-4-2)14(13-15)7-10-18-11-8-17-9-12-18/h5-6,13,17H,3-4,7-12H2,1-2H3. The molecule has 0 atom stereocenters. The number of hydrogen-bond donors (Lipinski definition) is 1. The second-order valence-corrected chi connectivity index (χ2v) is 4.98. The third-order valence-electron chi connectivity index (χ3n) is 3.55. The minimum atomic E-state index is 0.700. The number of rotatable bonds is 7. The molecule has 1 aliphatic rings. The Bertz CT molecular complexity index is 403. The fourth-order valence-electron chi connectivity index (χ4n) is 2.52. The van der Waals surface area contributed by atoms with E-state index in [0.717, 1.165) is 50.6 Å². The Morgan fingerprint density at radius 1 is 1.10 bits per heavy atom. The van der Waals surface area contributed by atoms with Gasteiger partial charge in [0.1, 0.15) is 11.5 Å². The minimum Gasteiger partial charge on any atom is -0.494 e. The van der Waals surface area contributed by atoms with Crippen LogP contribution in [0.15, 0.2) is 18.2 Å². The van der Waals surface area contributed by atoms with Crippen molar-refractivity contribution < 1.29 is 9.47 Å². The van der Waals surface area contributed by atoms with Crippen LogP contribution in [0.4, 0.5) is 0 Å². The predicted molar refractivity (Wildman–Crippen MR) is 81.8 cm³/mol. The van der Waals surface area contributed by atoms with Gasteiger partial charge in [-0.05, 0) is 44.0 Å². The topological polar surface area (TPSA) is 33.7 Å². The van der Waals surface area contributed by atoms with Crippen LogP contribution in [-0.2, 0) is 6.42 Å². The molecule has 1 aromatic rings. The molecule has 0 unspecified atom stereocenters. The van der Waals surface area contributed by atoms with E-state index in [4.69, 9.17) is 9.47 Å². The van der Waals surface area contributed by atoms with E-state index in [1.54, 1.807) is 0 Å². The largest absolute Gasteiger partial charge is 0.494 e. The Kier molecular flexibility index (Phi) is 6.15. The molecular weight excluding hydrogens is 252 g/mol. The number of nitrogens with one attached hydrogen (secondary N) is 1. The first kappa shape index (κ1) is 15.1. The summed E-state index contributed by atoms with van der Waals surface area (Å²) in [5.74, 6) is 1.93. The van der Waals surface area contributed by atoms with Crippen LogP contribution in [0.5, 0.6) is 11.5 Å². The van der Waals surface area contributed by atoms with Crippen LogP contribution in [0.1, 0.15) is 19.4 Å². The van der Waals surface area contributed by atoms with Gasteiger partial charge in [-0.25, -0.2) is 0 Å². The third kappa shape index (κ3) is 4.39. The number of benzene rings is 1. The summed E-state index contributed by atoms with van der Waals surface area (Å²) in [5.41, 5.74) is 1.25. The molecule has 1 aromatic carbocycles. The van der Waals surface area contributed by atoms with Gasteiger partial charge in [-0.2, -0.15) is 0 Å². The van der Waals surface area contributed by atoms with Gasteiger partial charge < -0.3 is 19.7 Å². The van der Waals surface area contributed by atoms with Crippen molar-refractivity contribution in [2.45, 2.75) is 20.3 Å². The summed E-state index contributed by atoms with van der Waals surface area (Å²) < 4.78 is 11.3. The molecule has 0 aromatic heterocycles. The molecule has 0 spiro atoms. The summed E-state index contributed by atoms with van der Waals surface area (Å²) in [6.45, 7) is 11.0. The highest BCUT2D eigenvalue weighted by Gasteiger charge is 2.11. The van der Waals surface area contributed by atoms with Crippen LogP contribution < -0.4 is 14.8 Å². The maximum absolute atomic E-state index is 5.72. The summed E-state index contributed by atoms with van der Waals surface area (Å²) in [4.78, 5) is 2.50. The summed E-state index contributed by atoms with van der Waals surface area (Å²) >= 11 is 0. The second kappa shape index (κ2) is 8.12. The van der Waals surface area contributed by atoms with Gasteiger partial charge in [0.15, 0.2) is 0 Å². The quantitative estimate of drug-likeness (QED) is 0.826. The van der Waals surface area contributed by atoms with Crippen LogP contribution in [0.2, 0.25) is 0 Å². The van der Waals surface area contributed by atoms with Gasteiger partial charge in [0.25, 0.3) is 0 Å². The Hall–Kier alpha value is -1.26. The molecule has 1 saturated heterocycles. The van der Waals surface area contributed by atoms with E-state index in [-0.39, 0.29) is 0 Å².